The van der Waals surface area contributed by atoms with Crippen LogP contribution < -0.4 is 10.5 Å². The first kappa shape index (κ1) is 17.5. The Morgan fingerprint density at radius 3 is 2.56 bits per heavy atom. The van der Waals surface area contributed by atoms with Gasteiger partial charge in [-0.15, -0.1) is 0 Å². The summed E-state index contributed by atoms with van der Waals surface area (Å²) in [5, 5.41) is 0. The van der Waals surface area contributed by atoms with Crippen molar-refractivity contribution < 1.29 is 9.53 Å². The summed E-state index contributed by atoms with van der Waals surface area (Å²) in [5.74, 6) is 0.901. The highest BCUT2D eigenvalue weighted by molar-refractivity contribution is 5.94. The zero-order valence-corrected chi connectivity index (χ0v) is 14.8. The Labute approximate surface area is 149 Å². The SMILES string of the molecule is C[C@@H](c1nc(OCc2ccccc2)ccc1C(N)=O)C1CCCCC1. The summed E-state index contributed by atoms with van der Waals surface area (Å²) in [5.41, 5.74) is 7.97. The lowest BCUT2D eigenvalue weighted by Gasteiger charge is -2.28. The molecule has 132 valence electrons. The third kappa shape index (κ3) is 4.38. The molecule has 2 aromatic rings. The van der Waals surface area contributed by atoms with E-state index >= 15 is 0 Å². The number of rotatable bonds is 6. The van der Waals surface area contributed by atoms with E-state index in [-0.39, 0.29) is 5.92 Å². The van der Waals surface area contributed by atoms with Crippen molar-refractivity contribution in [2.75, 3.05) is 0 Å². The van der Waals surface area contributed by atoms with Crippen LogP contribution in [0.4, 0.5) is 0 Å². The summed E-state index contributed by atoms with van der Waals surface area (Å²) in [6.07, 6.45) is 6.20. The van der Waals surface area contributed by atoms with Crippen LogP contribution in [0.25, 0.3) is 0 Å². The fourth-order valence-corrected chi connectivity index (χ4v) is 3.68. The fraction of sp³-hybridized carbons (Fsp3) is 0.429. The van der Waals surface area contributed by atoms with Crippen LogP contribution in [0, 0.1) is 5.92 Å². The number of carbonyl (C=O) groups excluding carboxylic acids is 1. The van der Waals surface area contributed by atoms with Crippen LogP contribution in [0.3, 0.4) is 0 Å². The Morgan fingerprint density at radius 1 is 1.16 bits per heavy atom. The third-order valence-corrected chi connectivity index (χ3v) is 5.18. The topological polar surface area (TPSA) is 65.2 Å². The van der Waals surface area contributed by atoms with Gasteiger partial charge >= 0.3 is 0 Å². The Balaban J connectivity index is 1.80. The van der Waals surface area contributed by atoms with Crippen molar-refractivity contribution in [1.29, 1.82) is 0 Å². The number of aromatic nitrogens is 1. The molecule has 0 bridgehead atoms. The molecule has 0 aliphatic heterocycles. The molecule has 0 unspecified atom stereocenters. The van der Waals surface area contributed by atoms with E-state index in [1.807, 2.05) is 30.3 Å². The van der Waals surface area contributed by atoms with Gasteiger partial charge in [-0.25, -0.2) is 4.98 Å². The number of carbonyl (C=O) groups is 1. The summed E-state index contributed by atoms with van der Waals surface area (Å²) in [6.45, 7) is 2.62. The molecular weight excluding hydrogens is 312 g/mol. The van der Waals surface area contributed by atoms with Crippen LogP contribution >= 0.6 is 0 Å². The van der Waals surface area contributed by atoms with Crippen molar-refractivity contribution in [2.45, 2.75) is 51.6 Å². The highest BCUT2D eigenvalue weighted by Gasteiger charge is 2.26. The van der Waals surface area contributed by atoms with Gasteiger partial charge in [0.2, 0.25) is 5.88 Å². The lowest BCUT2D eigenvalue weighted by atomic mass is 9.78. The van der Waals surface area contributed by atoms with E-state index < -0.39 is 5.91 Å². The molecule has 3 rings (SSSR count). The molecule has 1 aromatic heterocycles. The molecule has 0 spiro atoms. The molecule has 1 heterocycles. The first-order valence-corrected chi connectivity index (χ1v) is 9.12. The second-order valence-electron chi connectivity index (χ2n) is 6.91. The standard InChI is InChI=1S/C21H26N2O2/c1-15(17-10-6-3-7-11-17)20-18(21(22)24)12-13-19(23-20)25-14-16-8-4-2-5-9-16/h2,4-5,8-9,12-13,15,17H,3,6-7,10-11,14H2,1H3,(H2,22,24)/t15-/m1/s1. The molecule has 1 amide bonds. The Bertz CT molecular complexity index is 709. The largest absolute Gasteiger partial charge is 0.473 e. The zero-order chi connectivity index (χ0) is 17.6. The van der Waals surface area contributed by atoms with Crippen molar-refractivity contribution in [3.05, 3.63) is 59.3 Å². The first-order chi connectivity index (χ1) is 12.1. The van der Waals surface area contributed by atoms with E-state index in [0.717, 1.165) is 11.3 Å². The lowest BCUT2D eigenvalue weighted by Crippen LogP contribution is -2.21. The van der Waals surface area contributed by atoms with Crippen molar-refractivity contribution in [3.8, 4) is 5.88 Å². The molecule has 4 nitrogen and oxygen atoms in total. The minimum atomic E-state index is -0.417. The minimum absolute atomic E-state index is 0.211. The van der Waals surface area contributed by atoms with Crippen LogP contribution in [0.2, 0.25) is 0 Å². The Kier molecular flexibility index (Phi) is 5.69. The smallest absolute Gasteiger partial charge is 0.250 e. The summed E-state index contributed by atoms with van der Waals surface area (Å²) >= 11 is 0. The molecule has 1 aromatic carbocycles. The molecule has 1 saturated carbocycles. The molecule has 25 heavy (non-hydrogen) atoms. The molecule has 1 fully saturated rings. The van der Waals surface area contributed by atoms with Gasteiger partial charge < -0.3 is 10.5 Å². The van der Waals surface area contributed by atoms with E-state index in [9.17, 15) is 4.79 Å². The van der Waals surface area contributed by atoms with E-state index in [2.05, 4.69) is 11.9 Å². The number of ether oxygens (including phenoxy) is 1. The first-order valence-electron chi connectivity index (χ1n) is 9.12. The second kappa shape index (κ2) is 8.15. The van der Waals surface area contributed by atoms with Crippen molar-refractivity contribution >= 4 is 5.91 Å². The van der Waals surface area contributed by atoms with E-state index in [1.165, 1.54) is 32.1 Å². The van der Waals surface area contributed by atoms with Crippen LogP contribution in [0.5, 0.6) is 5.88 Å². The second-order valence-corrected chi connectivity index (χ2v) is 6.91. The highest BCUT2D eigenvalue weighted by Crippen LogP contribution is 2.36. The van der Waals surface area contributed by atoms with Crippen LogP contribution in [-0.2, 0) is 6.61 Å². The summed E-state index contributed by atoms with van der Waals surface area (Å²) < 4.78 is 5.84. The summed E-state index contributed by atoms with van der Waals surface area (Å²) in [6, 6.07) is 13.5. The van der Waals surface area contributed by atoms with Gasteiger partial charge in [0.15, 0.2) is 0 Å². The van der Waals surface area contributed by atoms with Gasteiger partial charge in [-0.2, -0.15) is 0 Å². The van der Waals surface area contributed by atoms with Crippen LogP contribution in [0.15, 0.2) is 42.5 Å². The number of nitrogens with zero attached hydrogens (tertiary/aromatic N) is 1. The summed E-state index contributed by atoms with van der Waals surface area (Å²) in [7, 11) is 0. The predicted molar refractivity (Wildman–Crippen MR) is 98.5 cm³/mol. The number of pyridine rings is 1. The van der Waals surface area contributed by atoms with E-state index in [1.54, 1.807) is 12.1 Å². The molecule has 0 radical (unpaired) electrons. The third-order valence-electron chi connectivity index (χ3n) is 5.18. The molecule has 1 atom stereocenters. The molecule has 2 N–H and O–H groups in total. The lowest BCUT2D eigenvalue weighted by molar-refractivity contribution is 0.0997. The molecule has 0 saturated heterocycles. The number of hydrogen-bond donors (Lipinski definition) is 1. The van der Waals surface area contributed by atoms with Crippen LogP contribution in [-0.4, -0.2) is 10.9 Å². The quantitative estimate of drug-likeness (QED) is 0.846. The maximum atomic E-state index is 11.8. The molecule has 1 aliphatic carbocycles. The van der Waals surface area contributed by atoms with E-state index in [4.69, 9.17) is 10.5 Å². The van der Waals surface area contributed by atoms with Gasteiger partial charge in [-0.3, -0.25) is 4.79 Å². The zero-order valence-electron chi connectivity index (χ0n) is 14.8. The average molecular weight is 338 g/mol. The Morgan fingerprint density at radius 2 is 1.88 bits per heavy atom. The predicted octanol–water partition coefficient (Wildman–Crippen LogP) is 4.44. The van der Waals surface area contributed by atoms with Crippen molar-refractivity contribution in [3.63, 3.8) is 0 Å². The Hall–Kier alpha value is -2.36. The van der Waals surface area contributed by atoms with Crippen molar-refractivity contribution in [1.82, 2.24) is 4.98 Å². The number of amides is 1. The molecule has 1 aliphatic rings. The van der Waals surface area contributed by atoms with Gasteiger partial charge in [-0.05, 0) is 30.4 Å². The maximum Gasteiger partial charge on any atom is 0.250 e. The monoisotopic (exact) mass is 338 g/mol. The van der Waals surface area contributed by atoms with E-state index in [0.29, 0.717) is 24.0 Å². The van der Waals surface area contributed by atoms with Gasteiger partial charge in [0, 0.05) is 12.0 Å². The fourth-order valence-electron chi connectivity index (χ4n) is 3.68. The molecular formula is C21H26N2O2. The van der Waals surface area contributed by atoms with Crippen LogP contribution in [0.1, 0.15) is 66.6 Å². The number of benzene rings is 1. The summed E-state index contributed by atoms with van der Waals surface area (Å²) in [4.78, 5) is 16.5. The number of nitrogens with two attached hydrogens (primary N) is 1. The minimum Gasteiger partial charge on any atom is -0.473 e. The number of hydrogen-bond acceptors (Lipinski definition) is 3. The van der Waals surface area contributed by atoms with Gasteiger partial charge in [0.25, 0.3) is 5.91 Å². The maximum absolute atomic E-state index is 11.8. The number of primary amides is 1. The van der Waals surface area contributed by atoms with Crippen molar-refractivity contribution in [2.24, 2.45) is 11.7 Å². The normalized spacial score (nSPS) is 16.4. The average Bonchev–Trinajstić information content (AvgIpc) is 2.67. The van der Waals surface area contributed by atoms with Gasteiger partial charge in [-0.1, -0.05) is 56.5 Å². The van der Waals surface area contributed by atoms with Gasteiger partial charge in [0.1, 0.15) is 6.61 Å². The highest BCUT2D eigenvalue weighted by atomic mass is 16.5. The van der Waals surface area contributed by atoms with Gasteiger partial charge in [0.05, 0.1) is 11.3 Å². The molecule has 4 heteroatoms.